The van der Waals surface area contributed by atoms with Gasteiger partial charge in [0.1, 0.15) is 17.1 Å². The molecule has 5 nitrogen and oxygen atoms in total. The van der Waals surface area contributed by atoms with Gasteiger partial charge in [-0.25, -0.2) is 4.79 Å². The van der Waals surface area contributed by atoms with Crippen LogP contribution in [-0.2, 0) is 11.3 Å². The molecule has 0 spiro atoms. The molecule has 110 valence electrons. The molecule has 2 unspecified atom stereocenters. The van der Waals surface area contributed by atoms with Gasteiger partial charge in [0.05, 0.1) is 13.7 Å². The number of rotatable bonds is 4. The second-order valence-electron chi connectivity index (χ2n) is 5.70. The molecule has 2 aliphatic rings. The predicted octanol–water partition coefficient (Wildman–Crippen LogP) is 1.70. The number of carbonyl (C=O) groups excluding carboxylic acids is 1. The number of hydrogen-bond acceptors (Lipinski definition) is 5. The highest BCUT2D eigenvalue weighted by Crippen LogP contribution is 2.28. The Morgan fingerprint density at radius 1 is 1.50 bits per heavy atom. The first-order chi connectivity index (χ1) is 9.69. The van der Waals surface area contributed by atoms with Gasteiger partial charge in [-0.05, 0) is 38.8 Å². The van der Waals surface area contributed by atoms with Crippen molar-refractivity contribution in [2.45, 2.75) is 44.8 Å². The fraction of sp³-hybridized carbons (Fsp3) is 0.667. The molecule has 2 fully saturated rings. The normalized spacial score (nSPS) is 25.9. The smallest absolute Gasteiger partial charge is 0.341 e. The van der Waals surface area contributed by atoms with Crippen molar-refractivity contribution in [2.24, 2.45) is 0 Å². The van der Waals surface area contributed by atoms with E-state index in [-0.39, 0.29) is 5.97 Å². The van der Waals surface area contributed by atoms with Crippen LogP contribution in [0.4, 0.5) is 0 Å². The first-order valence-corrected chi connectivity index (χ1v) is 7.34. The molecule has 0 aromatic carbocycles. The Morgan fingerprint density at radius 3 is 3.15 bits per heavy atom. The zero-order valence-corrected chi connectivity index (χ0v) is 12.1. The number of furan rings is 1. The molecule has 2 aliphatic heterocycles. The van der Waals surface area contributed by atoms with Gasteiger partial charge in [0.15, 0.2) is 0 Å². The zero-order chi connectivity index (χ0) is 14.1. The van der Waals surface area contributed by atoms with Gasteiger partial charge in [0, 0.05) is 18.6 Å². The molecule has 1 N–H and O–H groups in total. The second kappa shape index (κ2) is 5.58. The summed E-state index contributed by atoms with van der Waals surface area (Å²) in [5.74, 6) is 1.10. The van der Waals surface area contributed by atoms with Gasteiger partial charge in [-0.3, -0.25) is 4.90 Å². The van der Waals surface area contributed by atoms with Crippen molar-refractivity contribution in [2.75, 3.05) is 20.2 Å². The maximum absolute atomic E-state index is 11.5. The summed E-state index contributed by atoms with van der Waals surface area (Å²) in [5, 5.41) is 3.58. The van der Waals surface area contributed by atoms with Gasteiger partial charge < -0.3 is 14.5 Å². The van der Waals surface area contributed by atoms with Gasteiger partial charge in [-0.2, -0.15) is 0 Å². The summed E-state index contributed by atoms with van der Waals surface area (Å²) in [5.41, 5.74) is 0.526. The molecule has 20 heavy (non-hydrogen) atoms. The minimum atomic E-state index is -0.333. The van der Waals surface area contributed by atoms with Crippen LogP contribution in [0.2, 0.25) is 0 Å². The summed E-state index contributed by atoms with van der Waals surface area (Å²) >= 11 is 0. The number of carbonyl (C=O) groups is 1. The molecule has 5 heteroatoms. The van der Waals surface area contributed by atoms with Crippen LogP contribution in [0.25, 0.3) is 0 Å². The number of hydrogen-bond donors (Lipinski definition) is 1. The van der Waals surface area contributed by atoms with Crippen LogP contribution in [0.3, 0.4) is 0 Å². The Hall–Kier alpha value is -1.33. The van der Waals surface area contributed by atoms with Crippen molar-refractivity contribution in [3.05, 3.63) is 23.2 Å². The lowest BCUT2D eigenvalue weighted by atomic mass is 10.1. The number of methoxy groups -OCH3 is 1. The summed E-state index contributed by atoms with van der Waals surface area (Å²) in [6, 6.07) is 3.02. The molecule has 0 saturated carbocycles. The van der Waals surface area contributed by atoms with Gasteiger partial charge in [-0.1, -0.05) is 0 Å². The van der Waals surface area contributed by atoms with Gasteiger partial charge in [0.25, 0.3) is 0 Å². The van der Waals surface area contributed by atoms with E-state index < -0.39 is 0 Å². The summed E-state index contributed by atoms with van der Waals surface area (Å²) in [7, 11) is 1.39. The second-order valence-corrected chi connectivity index (χ2v) is 5.70. The number of aryl methyl sites for hydroxylation is 1. The van der Waals surface area contributed by atoms with Crippen LogP contribution < -0.4 is 5.32 Å². The first-order valence-electron chi connectivity index (χ1n) is 7.34. The number of esters is 1. The van der Waals surface area contributed by atoms with Crippen LogP contribution in [0, 0.1) is 6.92 Å². The largest absolute Gasteiger partial charge is 0.465 e. The first kappa shape index (κ1) is 13.6. The Balaban J connectivity index is 1.60. The fourth-order valence-electron chi connectivity index (χ4n) is 3.50. The average Bonchev–Trinajstić information content (AvgIpc) is 3.11. The van der Waals surface area contributed by atoms with Crippen molar-refractivity contribution >= 4 is 5.97 Å². The van der Waals surface area contributed by atoms with Gasteiger partial charge in [-0.15, -0.1) is 0 Å². The Labute approximate surface area is 119 Å². The van der Waals surface area contributed by atoms with E-state index in [2.05, 4.69) is 10.2 Å². The summed E-state index contributed by atoms with van der Waals surface area (Å²) < 4.78 is 10.4. The van der Waals surface area contributed by atoms with E-state index in [4.69, 9.17) is 9.15 Å². The minimum absolute atomic E-state index is 0.333. The highest BCUT2D eigenvalue weighted by molar-refractivity contribution is 5.90. The summed E-state index contributed by atoms with van der Waals surface area (Å²) in [4.78, 5) is 14.1. The SMILES string of the molecule is COC(=O)c1cc(CNC2CCN3CCCC23)oc1C. The monoisotopic (exact) mass is 278 g/mol. The van der Waals surface area contributed by atoms with Crippen LogP contribution in [0.15, 0.2) is 10.5 Å². The van der Waals surface area contributed by atoms with E-state index in [0.717, 1.165) is 5.76 Å². The van der Waals surface area contributed by atoms with E-state index >= 15 is 0 Å². The minimum Gasteiger partial charge on any atom is -0.465 e. The molecule has 2 saturated heterocycles. The highest BCUT2D eigenvalue weighted by Gasteiger charge is 2.36. The molecule has 0 radical (unpaired) electrons. The average molecular weight is 278 g/mol. The number of nitrogens with one attached hydrogen (secondary N) is 1. The Morgan fingerprint density at radius 2 is 2.35 bits per heavy atom. The van der Waals surface area contributed by atoms with E-state index in [0.29, 0.717) is 30.0 Å². The molecule has 2 atom stereocenters. The topological polar surface area (TPSA) is 54.7 Å². The Kier molecular flexibility index (Phi) is 3.81. The summed E-state index contributed by atoms with van der Waals surface area (Å²) in [6.07, 6.45) is 3.81. The molecule has 0 aliphatic carbocycles. The molecular weight excluding hydrogens is 256 g/mol. The quantitative estimate of drug-likeness (QED) is 0.850. The highest BCUT2D eigenvalue weighted by atomic mass is 16.5. The van der Waals surface area contributed by atoms with E-state index in [9.17, 15) is 4.79 Å². The lowest BCUT2D eigenvalue weighted by molar-refractivity contribution is 0.0599. The molecule has 0 bridgehead atoms. The van der Waals surface area contributed by atoms with Crippen molar-refractivity contribution in [3.8, 4) is 0 Å². The third-order valence-corrected chi connectivity index (χ3v) is 4.52. The Bertz CT molecular complexity index is 497. The molecular formula is C15H22N2O3. The summed E-state index contributed by atoms with van der Waals surface area (Å²) in [6.45, 7) is 4.92. The number of nitrogens with zero attached hydrogens (tertiary/aromatic N) is 1. The van der Waals surface area contributed by atoms with Crippen molar-refractivity contribution < 1.29 is 13.9 Å². The van der Waals surface area contributed by atoms with Gasteiger partial charge in [0.2, 0.25) is 0 Å². The van der Waals surface area contributed by atoms with Crippen molar-refractivity contribution in [1.82, 2.24) is 10.2 Å². The number of ether oxygens (including phenoxy) is 1. The maximum Gasteiger partial charge on any atom is 0.341 e. The van der Waals surface area contributed by atoms with Gasteiger partial charge >= 0.3 is 5.97 Å². The van der Waals surface area contributed by atoms with E-state index in [1.807, 2.05) is 0 Å². The molecule has 1 aromatic heterocycles. The third-order valence-electron chi connectivity index (χ3n) is 4.52. The fourth-order valence-corrected chi connectivity index (χ4v) is 3.50. The zero-order valence-electron chi connectivity index (χ0n) is 12.1. The lowest BCUT2D eigenvalue weighted by Crippen LogP contribution is -2.38. The predicted molar refractivity (Wildman–Crippen MR) is 74.6 cm³/mol. The molecule has 3 heterocycles. The molecule has 0 amide bonds. The third kappa shape index (κ3) is 2.47. The van der Waals surface area contributed by atoms with Crippen LogP contribution in [-0.4, -0.2) is 43.2 Å². The molecule has 1 aromatic rings. The maximum atomic E-state index is 11.5. The molecule has 3 rings (SSSR count). The van der Waals surface area contributed by atoms with E-state index in [1.165, 1.54) is 39.5 Å². The van der Waals surface area contributed by atoms with E-state index in [1.54, 1.807) is 13.0 Å². The van der Waals surface area contributed by atoms with Crippen molar-refractivity contribution in [3.63, 3.8) is 0 Å². The lowest BCUT2D eigenvalue weighted by Gasteiger charge is -2.20. The van der Waals surface area contributed by atoms with Crippen LogP contribution in [0.5, 0.6) is 0 Å². The van der Waals surface area contributed by atoms with Crippen LogP contribution in [0.1, 0.15) is 41.1 Å². The standard InChI is InChI=1S/C15H22N2O3/c1-10-12(15(18)19-2)8-11(20-10)9-16-13-5-7-17-6-3-4-14(13)17/h8,13-14,16H,3-7,9H2,1-2H3. The van der Waals surface area contributed by atoms with Crippen LogP contribution >= 0.6 is 0 Å². The van der Waals surface area contributed by atoms with Crippen molar-refractivity contribution in [1.29, 1.82) is 0 Å². The number of fused-ring (bicyclic) bond motifs is 1.